The second-order valence-corrected chi connectivity index (χ2v) is 8.80. The van der Waals surface area contributed by atoms with Crippen molar-refractivity contribution < 1.29 is 13.2 Å². The maximum absolute atomic E-state index is 12.8. The van der Waals surface area contributed by atoms with Gasteiger partial charge < -0.3 is 4.90 Å². The van der Waals surface area contributed by atoms with Gasteiger partial charge in [-0.05, 0) is 73.0 Å². The summed E-state index contributed by atoms with van der Waals surface area (Å²) in [6, 6.07) is 18.7. The summed E-state index contributed by atoms with van der Waals surface area (Å²) in [6.07, 6.45) is -1.26. The van der Waals surface area contributed by atoms with Crippen LogP contribution in [0.15, 0.2) is 60.7 Å². The van der Waals surface area contributed by atoms with E-state index in [-0.39, 0.29) is 0 Å². The van der Waals surface area contributed by atoms with Crippen LogP contribution in [0.2, 0.25) is 0 Å². The fraction of sp³-hybridized carbons (Fsp3) is 0.385. The van der Waals surface area contributed by atoms with E-state index in [1.165, 1.54) is 34.2 Å². The number of rotatable bonds is 5. The molecule has 4 rings (SSSR count). The van der Waals surface area contributed by atoms with Crippen LogP contribution >= 0.6 is 0 Å². The number of alkyl halides is 3. The van der Waals surface area contributed by atoms with Crippen molar-refractivity contribution in [3.63, 3.8) is 0 Å². The Morgan fingerprint density at radius 1 is 0.871 bits per heavy atom. The van der Waals surface area contributed by atoms with Crippen LogP contribution in [0.25, 0.3) is 10.8 Å². The van der Waals surface area contributed by atoms with Gasteiger partial charge in [0.15, 0.2) is 0 Å². The van der Waals surface area contributed by atoms with Crippen LogP contribution in [0.3, 0.4) is 0 Å². The fourth-order valence-corrected chi connectivity index (χ4v) is 4.63. The van der Waals surface area contributed by atoms with Gasteiger partial charge in [0, 0.05) is 31.7 Å². The van der Waals surface area contributed by atoms with E-state index in [1.807, 2.05) is 0 Å². The zero-order valence-electron chi connectivity index (χ0n) is 18.1. The molecule has 0 saturated carbocycles. The van der Waals surface area contributed by atoms with Crippen LogP contribution in [0, 0.1) is 5.92 Å². The molecule has 3 aromatic rings. The van der Waals surface area contributed by atoms with Crippen molar-refractivity contribution in [1.29, 1.82) is 0 Å². The Bertz CT molecular complexity index is 1020. The zero-order valence-corrected chi connectivity index (χ0v) is 18.1. The lowest BCUT2D eigenvalue weighted by Gasteiger charge is -2.32. The van der Waals surface area contributed by atoms with Crippen molar-refractivity contribution >= 4 is 16.5 Å². The number of benzene rings is 3. The van der Waals surface area contributed by atoms with E-state index < -0.39 is 11.7 Å². The van der Waals surface area contributed by atoms with E-state index in [2.05, 4.69) is 60.3 Å². The highest BCUT2D eigenvalue weighted by Crippen LogP contribution is 2.32. The van der Waals surface area contributed by atoms with Gasteiger partial charge in [-0.2, -0.15) is 13.2 Å². The van der Waals surface area contributed by atoms with Gasteiger partial charge in [0.2, 0.25) is 0 Å². The number of hydrogen-bond acceptors (Lipinski definition) is 2. The summed E-state index contributed by atoms with van der Waals surface area (Å²) in [6.45, 7) is 2.98. The predicted molar refractivity (Wildman–Crippen MR) is 121 cm³/mol. The van der Waals surface area contributed by atoms with Crippen LogP contribution in [-0.2, 0) is 19.1 Å². The van der Waals surface area contributed by atoms with Gasteiger partial charge in [-0.25, -0.2) is 0 Å². The minimum atomic E-state index is -4.27. The van der Waals surface area contributed by atoms with Gasteiger partial charge in [-0.15, -0.1) is 0 Å². The molecule has 1 aliphatic heterocycles. The van der Waals surface area contributed by atoms with Gasteiger partial charge in [0.1, 0.15) is 0 Å². The molecule has 1 aliphatic rings. The molecule has 31 heavy (non-hydrogen) atoms. The molecule has 1 heterocycles. The van der Waals surface area contributed by atoms with E-state index in [4.69, 9.17) is 0 Å². The van der Waals surface area contributed by atoms with E-state index in [0.717, 1.165) is 44.5 Å². The third-order valence-corrected chi connectivity index (χ3v) is 6.38. The highest BCUT2D eigenvalue weighted by molar-refractivity contribution is 5.96. The fourth-order valence-electron chi connectivity index (χ4n) is 4.63. The standard InChI is InChI=1S/C26H29F3N2/c1-30(2)25-12-9-21(23-5-3-4-6-24(23)25)18-31-15-13-20(14-16-31)17-19-7-10-22(11-8-19)26(27,28)29/h3-12,20H,13-18H2,1-2H3. The molecule has 0 atom stereocenters. The minimum absolute atomic E-state index is 0.529. The van der Waals surface area contributed by atoms with E-state index in [9.17, 15) is 13.2 Å². The summed E-state index contributed by atoms with van der Waals surface area (Å²) in [5.74, 6) is 0.529. The van der Waals surface area contributed by atoms with E-state index in [1.54, 1.807) is 12.1 Å². The number of nitrogens with zero attached hydrogens (tertiary/aromatic N) is 2. The van der Waals surface area contributed by atoms with Crippen molar-refractivity contribution in [3.05, 3.63) is 77.4 Å². The summed E-state index contributed by atoms with van der Waals surface area (Å²) in [5, 5.41) is 2.59. The third kappa shape index (κ3) is 5.04. The highest BCUT2D eigenvalue weighted by Gasteiger charge is 2.30. The number of likely N-dealkylation sites (tertiary alicyclic amines) is 1. The number of fused-ring (bicyclic) bond motifs is 1. The summed E-state index contributed by atoms with van der Waals surface area (Å²) in [4.78, 5) is 4.65. The van der Waals surface area contributed by atoms with Crippen molar-refractivity contribution in [3.8, 4) is 0 Å². The first kappa shape index (κ1) is 21.7. The van der Waals surface area contributed by atoms with Crippen molar-refractivity contribution in [2.45, 2.75) is 32.0 Å². The maximum atomic E-state index is 12.8. The summed E-state index contributed by atoms with van der Waals surface area (Å²) < 4.78 is 38.3. The molecule has 2 nitrogen and oxygen atoms in total. The van der Waals surface area contributed by atoms with Crippen LogP contribution in [0.5, 0.6) is 0 Å². The molecule has 0 aliphatic carbocycles. The van der Waals surface area contributed by atoms with Gasteiger partial charge in [0.05, 0.1) is 5.56 Å². The second-order valence-electron chi connectivity index (χ2n) is 8.80. The van der Waals surface area contributed by atoms with Crippen LogP contribution in [-0.4, -0.2) is 32.1 Å². The lowest BCUT2D eigenvalue weighted by atomic mass is 9.89. The number of hydrogen-bond donors (Lipinski definition) is 0. The molecule has 0 spiro atoms. The first-order valence-electron chi connectivity index (χ1n) is 10.9. The number of piperidine rings is 1. The molecule has 0 N–H and O–H groups in total. The monoisotopic (exact) mass is 426 g/mol. The predicted octanol–water partition coefficient (Wildman–Crippen LogP) is 6.38. The molecule has 5 heteroatoms. The largest absolute Gasteiger partial charge is 0.416 e. The molecule has 0 radical (unpaired) electrons. The molecule has 0 aromatic heterocycles. The third-order valence-electron chi connectivity index (χ3n) is 6.38. The average Bonchev–Trinajstić information content (AvgIpc) is 2.75. The molecular formula is C26H29F3N2. The van der Waals surface area contributed by atoms with Crippen LogP contribution < -0.4 is 4.90 Å². The molecule has 0 amide bonds. The van der Waals surface area contributed by atoms with Crippen LogP contribution in [0.4, 0.5) is 18.9 Å². The van der Waals surface area contributed by atoms with Crippen molar-refractivity contribution in [2.75, 3.05) is 32.1 Å². The van der Waals surface area contributed by atoms with Crippen LogP contribution in [0.1, 0.15) is 29.5 Å². The average molecular weight is 427 g/mol. The second kappa shape index (κ2) is 8.91. The van der Waals surface area contributed by atoms with Gasteiger partial charge in [0.25, 0.3) is 0 Å². The number of anilines is 1. The van der Waals surface area contributed by atoms with Gasteiger partial charge in [-0.3, -0.25) is 4.90 Å². The molecule has 1 saturated heterocycles. The quantitative estimate of drug-likeness (QED) is 0.467. The zero-order chi connectivity index (χ0) is 22.0. The first-order chi connectivity index (χ1) is 14.8. The Labute approximate surface area is 182 Å². The Morgan fingerprint density at radius 3 is 2.13 bits per heavy atom. The van der Waals surface area contributed by atoms with E-state index >= 15 is 0 Å². The molecule has 0 bridgehead atoms. The molecular weight excluding hydrogens is 397 g/mol. The minimum Gasteiger partial charge on any atom is -0.377 e. The number of halogens is 3. The van der Waals surface area contributed by atoms with Gasteiger partial charge in [-0.1, -0.05) is 42.5 Å². The Kier molecular flexibility index (Phi) is 6.24. The SMILES string of the molecule is CN(C)c1ccc(CN2CCC(Cc3ccc(C(F)(F)F)cc3)CC2)c2ccccc12. The Balaban J connectivity index is 1.37. The Morgan fingerprint density at radius 2 is 1.52 bits per heavy atom. The smallest absolute Gasteiger partial charge is 0.377 e. The van der Waals surface area contributed by atoms with E-state index in [0.29, 0.717) is 5.92 Å². The maximum Gasteiger partial charge on any atom is 0.416 e. The van der Waals surface area contributed by atoms with Crippen molar-refractivity contribution in [2.24, 2.45) is 5.92 Å². The molecule has 1 fully saturated rings. The first-order valence-corrected chi connectivity index (χ1v) is 10.9. The molecule has 3 aromatic carbocycles. The summed E-state index contributed by atoms with van der Waals surface area (Å²) in [7, 11) is 4.14. The lowest BCUT2D eigenvalue weighted by molar-refractivity contribution is -0.137. The lowest BCUT2D eigenvalue weighted by Crippen LogP contribution is -2.34. The summed E-state index contributed by atoms with van der Waals surface area (Å²) >= 11 is 0. The topological polar surface area (TPSA) is 6.48 Å². The summed E-state index contributed by atoms with van der Waals surface area (Å²) in [5.41, 5.74) is 3.01. The highest BCUT2D eigenvalue weighted by atomic mass is 19.4. The van der Waals surface area contributed by atoms with Crippen molar-refractivity contribution in [1.82, 2.24) is 4.90 Å². The Hall–Kier alpha value is -2.53. The normalized spacial score (nSPS) is 16.0. The van der Waals surface area contributed by atoms with Gasteiger partial charge >= 0.3 is 6.18 Å². The molecule has 164 valence electrons. The molecule has 0 unspecified atom stereocenters.